The summed E-state index contributed by atoms with van der Waals surface area (Å²) in [6, 6.07) is 7.93. The van der Waals surface area contributed by atoms with Gasteiger partial charge in [0.1, 0.15) is 0 Å². The molecule has 2 rings (SSSR count). The van der Waals surface area contributed by atoms with Gasteiger partial charge in [0.25, 0.3) is 0 Å². The lowest BCUT2D eigenvalue weighted by molar-refractivity contribution is -0.124. The molecular weight excluding hydrogens is 240 g/mol. The molecular formula is C15H18N2O2. The minimum absolute atomic E-state index is 0.0340. The fourth-order valence-electron chi connectivity index (χ4n) is 2.04. The number of hydrogen-bond donors (Lipinski definition) is 2. The van der Waals surface area contributed by atoms with Crippen molar-refractivity contribution in [1.82, 2.24) is 10.6 Å². The van der Waals surface area contributed by atoms with Crippen molar-refractivity contribution in [2.45, 2.75) is 25.8 Å². The Kier molecular flexibility index (Phi) is 4.34. The largest absolute Gasteiger partial charge is 0.354 e. The molecule has 1 unspecified atom stereocenters. The van der Waals surface area contributed by atoms with Crippen LogP contribution in [0.1, 0.15) is 24.0 Å². The van der Waals surface area contributed by atoms with E-state index < -0.39 is 0 Å². The van der Waals surface area contributed by atoms with E-state index in [1.165, 1.54) is 0 Å². The third kappa shape index (κ3) is 3.95. The Bertz CT molecular complexity index is 499. The van der Waals surface area contributed by atoms with Gasteiger partial charge in [0, 0.05) is 25.1 Å². The maximum Gasteiger partial charge on any atom is 0.244 e. The number of amides is 2. The Balaban J connectivity index is 1.87. The van der Waals surface area contributed by atoms with Crippen LogP contribution < -0.4 is 10.6 Å². The van der Waals surface area contributed by atoms with Gasteiger partial charge >= 0.3 is 0 Å². The molecule has 4 nitrogen and oxygen atoms in total. The van der Waals surface area contributed by atoms with Crippen LogP contribution in [0.25, 0.3) is 6.08 Å². The number of piperidine rings is 1. The smallest absolute Gasteiger partial charge is 0.244 e. The van der Waals surface area contributed by atoms with Crippen LogP contribution in [0.3, 0.4) is 0 Å². The fourth-order valence-corrected chi connectivity index (χ4v) is 2.04. The predicted molar refractivity (Wildman–Crippen MR) is 74.4 cm³/mol. The molecule has 0 saturated carbocycles. The summed E-state index contributed by atoms with van der Waals surface area (Å²) in [5, 5.41) is 5.63. The summed E-state index contributed by atoms with van der Waals surface area (Å²) in [4.78, 5) is 22.8. The van der Waals surface area contributed by atoms with E-state index in [4.69, 9.17) is 0 Å². The van der Waals surface area contributed by atoms with E-state index in [0.717, 1.165) is 11.1 Å². The Morgan fingerprint density at radius 3 is 2.89 bits per heavy atom. The average molecular weight is 258 g/mol. The van der Waals surface area contributed by atoms with Crippen LogP contribution >= 0.6 is 0 Å². The van der Waals surface area contributed by atoms with Crippen molar-refractivity contribution in [3.05, 3.63) is 41.5 Å². The molecule has 1 aliphatic rings. The molecule has 2 amide bonds. The summed E-state index contributed by atoms with van der Waals surface area (Å²) in [7, 11) is 0. The molecule has 1 aromatic rings. The zero-order valence-electron chi connectivity index (χ0n) is 11.0. The van der Waals surface area contributed by atoms with Gasteiger partial charge in [-0.05, 0) is 30.5 Å². The van der Waals surface area contributed by atoms with Gasteiger partial charge in [0.05, 0.1) is 0 Å². The van der Waals surface area contributed by atoms with Gasteiger partial charge < -0.3 is 10.6 Å². The molecule has 100 valence electrons. The van der Waals surface area contributed by atoms with Gasteiger partial charge in [0.15, 0.2) is 0 Å². The standard InChI is InChI=1S/C15H18N2O2/c1-11-4-2-3-5-12(11)6-8-15(19)17-13-7-9-14(18)16-10-13/h2-6,8,13H,7,9-10H2,1H3,(H,16,18)(H,17,19). The minimum Gasteiger partial charge on any atom is -0.354 e. The summed E-state index contributed by atoms with van der Waals surface area (Å²) in [6.45, 7) is 2.52. The lowest BCUT2D eigenvalue weighted by atomic mass is 10.1. The molecule has 0 aromatic heterocycles. The first kappa shape index (κ1) is 13.3. The number of rotatable bonds is 3. The average Bonchev–Trinajstić information content (AvgIpc) is 2.40. The maximum absolute atomic E-state index is 11.8. The monoisotopic (exact) mass is 258 g/mol. The SMILES string of the molecule is Cc1ccccc1C=CC(=O)NC1CCC(=O)NC1. The van der Waals surface area contributed by atoms with Gasteiger partial charge in [0.2, 0.25) is 11.8 Å². The summed E-state index contributed by atoms with van der Waals surface area (Å²) < 4.78 is 0. The number of nitrogens with one attached hydrogen (secondary N) is 2. The summed E-state index contributed by atoms with van der Waals surface area (Å²) in [6.07, 6.45) is 4.53. The summed E-state index contributed by atoms with van der Waals surface area (Å²) >= 11 is 0. The first-order chi connectivity index (χ1) is 9.15. The van der Waals surface area contributed by atoms with Crippen LogP contribution in [0.15, 0.2) is 30.3 Å². The van der Waals surface area contributed by atoms with Crippen molar-refractivity contribution >= 4 is 17.9 Å². The zero-order chi connectivity index (χ0) is 13.7. The number of aryl methyl sites for hydroxylation is 1. The second-order valence-electron chi connectivity index (χ2n) is 4.74. The Labute approximate surface area is 112 Å². The lowest BCUT2D eigenvalue weighted by Crippen LogP contribution is -2.47. The van der Waals surface area contributed by atoms with E-state index in [9.17, 15) is 9.59 Å². The topological polar surface area (TPSA) is 58.2 Å². The molecule has 0 aliphatic carbocycles. The van der Waals surface area contributed by atoms with Gasteiger partial charge in [-0.15, -0.1) is 0 Å². The van der Waals surface area contributed by atoms with Crippen molar-refractivity contribution in [3.8, 4) is 0 Å². The van der Waals surface area contributed by atoms with Gasteiger partial charge in [-0.3, -0.25) is 9.59 Å². The zero-order valence-corrected chi connectivity index (χ0v) is 11.0. The highest BCUT2D eigenvalue weighted by atomic mass is 16.2. The molecule has 19 heavy (non-hydrogen) atoms. The molecule has 1 aromatic carbocycles. The molecule has 0 spiro atoms. The number of carbonyl (C=O) groups excluding carboxylic acids is 2. The molecule has 1 fully saturated rings. The highest BCUT2D eigenvalue weighted by Gasteiger charge is 2.18. The Morgan fingerprint density at radius 2 is 2.21 bits per heavy atom. The second-order valence-corrected chi connectivity index (χ2v) is 4.74. The van der Waals surface area contributed by atoms with Crippen LogP contribution in [0.4, 0.5) is 0 Å². The van der Waals surface area contributed by atoms with E-state index in [1.54, 1.807) is 6.08 Å². The number of carbonyl (C=O) groups is 2. The van der Waals surface area contributed by atoms with Crippen LogP contribution in [0.5, 0.6) is 0 Å². The minimum atomic E-state index is -0.121. The molecule has 1 atom stereocenters. The van der Waals surface area contributed by atoms with Gasteiger partial charge in [-0.25, -0.2) is 0 Å². The molecule has 0 bridgehead atoms. The van der Waals surface area contributed by atoms with E-state index in [2.05, 4.69) is 10.6 Å². The predicted octanol–water partition coefficient (Wildman–Crippen LogP) is 1.40. The van der Waals surface area contributed by atoms with E-state index in [0.29, 0.717) is 19.4 Å². The van der Waals surface area contributed by atoms with Crippen molar-refractivity contribution < 1.29 is 9.59 Å². The summed E-state index contributed by atoms with van der Waals surface area (Å²) in [5.41, 5.74) is 2.17. The third-order valence-electron chi connectivity index (χ3n) is 3.21. The van der Waals surface area contributed by atoms with Gasteiger partial charge in [-0.1, -0.05) is 24.3 Å². The third-order valence-corrected chi connectivity index (χ3v) is 3.21. The van der Waals surface area contributed by atoms with Gasteiger partial charge in [-0.2, -0.15) is 0 Å². The van der Waals surface area contributed by atoms with E-state index in [-0.39, 0.29) is 17.9 Å². The Hall–Kier alpha value is -2.10. The van der Waals surface area contributed by atoms with E-state index in [1.807, 2.05) is 37.3 Å². The second kappa shape index (κ2) is 6.18. The van der Waals surface area contributed by atoms with Crippen LogP contribution in [-0.4, -0.2) is 24.4 Å². The Morgan fingerprint density at radius 1 is 1.42 bits per heavy atom. The van der Waals surface area contributed by atoms with Crippen LogP contribution in [-0.2, 0) is 9.59 Å². The molecule has 1 heterocycles. The maximum atomic E-state index is 11.8. The highest BCUT2D eigenvalue weighted by Crippen LogP contribution is 2.09. The van der Waals surface area contributed by atoms with Crippen molar-refractivity contribution in [2.75, 3.05) is 6.54 Å². The van der Waals surface area contributed by atoms with Crippen LogP contribution in [0, 0.1) is 6.92 Å². The molecule has 1 saturated heterocycles. The number of hydrogen-bond acceptors (Lipinski definition) is 2. The molecule has 0 radical (unpaired) electrons. The van der Waals surface area contributed by atoms with Crippen molar-refractivity contribution in [2.24, 2.45) is 0 Å². The first-order valence-corrected chi connectivity index (χ1v) is 6.46. The molecule has 1 aliphatic heterocycles. The molecule has 4 heteroatoms. The van der Waals surface area contributed by atoms with E-state index >= 15 is 0 Å². The van der Waals surface area contributed by atoms with Crippen molar-refractivity contribution in [1.29, 1.82) is 0 Å². The van der Waals surface area contributed by atoms with Crippen molar-refractivity contribution in [3.63, 3.8) is 0 Å². The highest BCUT2D eigenvalue weighted by molar-refractivity contribution is 5.92. The van der Waals surface area contributed by atoms with Crippen LogP contribution in [0.2, 0.25) is 0 Å². The lowest BCUT2D eigenvalue weighted by Gasteiger charge is -2.22. The fraction of sp³-hybridized carbons (Fsp3) is 0.333. The normalized spacial score (nSPS) is 19.2. The summed E-state index contributed by atoms with van der Waals surface area (Å²) in [5.74, 6) is -0.0645. The molecule has 2 N–H and O–H groups in total. The quantitative estimate of drug-likeness (QED) is 0.805. The first-order valence-electron chi connectivity index (χ1n) is 6.46. The number of benzene rings is 1.